The molecule has 1 aromatic carbocycles. The second-order valence-corrected chi connectivity index (χ2v) is 10.4. The van der Waals surface area contributed by atoms with Crippen molar-refractivity contribution in [2.24, 2.45) is 0 Å². The van der Waals surface area contributed by atoms with E-state index in [0.29, 0.717) is 18.1 Å². The van der Waals surface area contributed by atoms with Crippen LogP contribution in [0.25, 0.3) is 5.65 Å². The fourth-order valence-electron chi connectivity index (χ4n) is 5.72. The van der Waals surface area contributed by atoms with Crippen molar-refractivity contribution < 1.29 is 9.53 Å². The van der Waals surface area contributed by atoms with Gasteiger partial charge in [0.1, 0.15) is 11.9 Å². The molecule has 2 fully saturated rings. The summed E-state index contributed by atoms with van der Waals surface area (Å²) in [6.45, 7) is 4.54. The van der Waals surface area contributed by atoms with Gasteiger partial charge in [-0.25, -0.2) is 4.79 Å². The van der Waals surface area contributed by atoms with Gasteiger partial charge in [0, 0.05) is 18.1 Å². The highest BCUT2D eigenvalue weighted by Crippen LogP contribution is 2.39. The van der Waals surface area contributed by atoms with Gasteiger partial charge >= 0.3 is 6.03 Å². The highest BCUT2D eigenvalue weighted by Gasteiger charge is 2.32. The minimum Gasteiger partial charge on any atom is -0.484 e. The number of fused-ring (bicyclic) bond motifs is 2. The first-order valence-electron chi connectivity index (χ1n) is 13.0. The molecule has 0 spiro atoms. The van der Waals surface area contributed by atoms with Crippen LogP contribution in [0.2, 0.25) is 0 Å². The number of hydrogen-bond acceptors (Lipinski definition) is 5. The Labute approximate surface area is 206 Å². The average molecular weight is 475 g/mol. The van der Waals surface area contributed by atoms with E-state index in [1.165, 1.54) is 19.3 Å². The number of urea groups is 1. The highest BCUT2D eigenvalue weighted by atomic mass is 16.5. The van der Waals surface area contributed by atoms with Crippen LogP contribution < -0.4 is 20.3 Å². The number of nitrogens with one attached hydrogen (secondary N) is 2. The smallest absolute Gasteiger partial charge is 0.315 e. The van der Waals surface area contributed by atoms with E-state index in [1.54, 1.807) is 0 Å². The van der Waals surface area contributed by atoms with Crippen molar-refractivity contribution in [1.29, 1.82) is 0 Å². The zero-order valence-electron chi connectivity index (χ0n) is 20.5. The number of carbonyl (C=O) groups is 1. The summed E-state index contributed by atoms with van der Waals surface area (Å²) in [5.74, 6) is 1.69. The van der Waals surface area contributed by atoms with Gasteiger partial charge in [0.2, 0.25) is 5.95 Å². The molecule has 35 heavy (non-hydrogen) atoms. The van der Waals surface area contributed by atoms with Gasteiger partial charge in [0.15, 0.2) is 5.65 Å². The van der Waals surface area contributed by atoms with Gasteiger partial charge in [-0.1, -0.05) is 24.3 Å². The molecule has 3 heterocycles. The summed E-state index contributed by atoms with van der Waals surface area (Å²) in [5, 5.41) is 15.2. The molecule has 2 amide bonds. The molecule has 4 atom stereocenters. The second-order valence-electron chi connectivity index (χ2n) is 10.4. The number of rotatable bonds is 5. The van der Waals surface area contributed by atoms with Crippen LogP contribution in [-0.4, -0.2) is 38.8 Å². The topological polar surface area (TPSA) is 83.8 Å². The summed E-state index contributed by atoms with van der Waals surface area (Å²) in [6.07, 6.45) is 9.38. The van der Waals surface area contributed by atoms with Gasteiger partial charge in [-0.2, -0.15) is 0 Å². The Morgan fingerprint density at radius 3 is 2.46 bits per heavy atom. The van der Waals surface area contributed by atoms with Crippen LogP contribution in [0.15, 0.2) is 42.6 Å². The number of ether oxygens (including phenoxy) is 1. The second kappa shape index (κ2) is 9.06. The first kappa shape index (κ1) is 22.2. The summed E-state index contributed by atoms with van der Waals surface area (Å²) in [5.41, 5.74) is 3.10. The van der Waals surface area contributed by atoms with Crippen LogP contribution in [-0.2, 0) is 0 Å². The van der Waals surface area contributed by atoms with E-state index < -0.39 is 0 Å². The number of pyridine rings is 1. The van der Waals surface area contributed by atoms with Crippen LogP contribution in [0.4, 0.5) is 10.7 Å². The van der Waals surface area contributed by atoms with E-state index in [2.05, 4.69) is 56.1 Å². The maximum absolute atomic E-state index is 12.4. The molecule has 1 saturated carbocycles. The Balaban J connectivity index is 1.24. The van der Waals surface area contributed by atoms with Gasteiger partial charge in [-0.05, 0) is 82.1 Å². The molecule has 2 aromatic heterocycles. The molecule has 4 unspecified atom stereocenters. The molecule has 1 aliphatic heterocycles. The molecule has 0 bridgehead atoms. The molecular weight excluding hydrogens is 440 g/mol. The lowest BCUT2D eigenvalue weighted by atomic mass is 9.85. The number of piperidine rings is 1. The van der Waals surface area contributed by atoms with Gasteiger partial charge in [0.05, 0.1) is 12.2 Å². The van der Waals surface area contributed by atoms with Crippen LogP contribution >= 0.6 is 0 Å². The third-order valence-corrected chi connectivity index (χ3v) is 7.71. The van der Waals surface area contributed by atoms with E-state index in [1.807, 2.05) is 30.5 Å². The monoisotopic (exact) mass is 474 g/mol. The van der Waals surface area contributed by atoms with E-state index in [4.69, 9.17) is 4.74 Å². The van der Waals surface area contributed by atoms with Crippen LogP contribution in [0.3, 0.4) is 0 Å². The molecule has 3 aliphatic rings. The largest absolute Gasteiger partial charge is 0.484 e. The number of hydrogen-bond donors (Lipinski definition) is 2. The highest BCUT2D eigenvalue weighted by molar-refractivity contribution is 5.75. The van der Waals surface area contributed by atoms with E-state index in [0.717, 1.165) is 54.2 Å². The fraction of sp³-hybridized carbons (Fsp3) is 0.519. The molecule has 2 N–H and O–H groups in total. The Bertz CT molecular complexity index is 1210. The molecule has 2 aliphatic carbocycles. The lowest BCUT2D eigenvalue weighted by Gasteiger charge is -2.39. The first-order chi connectivity index (χ1) is 17.1. The Morgan fingerprint density at radius 1 is 0.914 bits per heavy atom. The average Bonchev–Trinajstić information content (AvgIpc) is 3.57. The summed E-state index contributed by atoms with van der Waals surface area (Å²) in [4.78, 5) is 14.8. The molecule has 1 saturated heterocycles. The zero-order valence-corrected chi connectivity index (χ0v) is 20.5. The molecule has 3 aromatic rings. The molecule has 8 heteroatoms. The van der Waals surface area contributed by atoms with Gasteiger partial charge in [0.25, 0.3) is 0 Å². The maximum Gasteiger partial charge on any atom is 0.315 e. The minimum atomic E-state index is -0.0709. The van der Waals surface area contributed by atoms with Crippen LogP contribution in [0.5, 0.6) is 5.75 Å². The first-order valence-corrected chi connectivity index (χ1v) is 13.0. The van der Waals surface area contributed by atoms with Gasteiger partial charge in [-0.3, -0.25) is 4.40 Å². The molecule has 184 valence electrons. The van der Waals surface area contributed by atoms with Crippen LogP contribution in [0.1, 0.15) is 82.1 Å². The van der Waals surface area contributed by atoms with E-state index in [9.17, 15) is 4.79 Å². The zero-order chi connectivity index (χ0) is 23.9. The number of carbonyl (C=O) groups excluding carboxylic acids is 1. The van der Waals surface area contributed by atoms with E-state index >= 15 is 0 Å². The molecule has 0 radical (unpaired) electrons. The number of anilines is 1. The molecule has 8 nitrogen and oxygen atoms in total. The predicted octanol–water partition coefficient (Wildman–Crippen LogP) is 4.91. The maximum atomic E-state index is 12.4. The number of amides is 2. The van der Waals surface area contributed by atoms with Crippen molar-refractivity contribution in [2.75, 3.05) is 4.90 Å². The van der Waals surface area contributed by atoms with Crippen molar-refractivity contribution in [2.45, 2.75) is 89.1 Å². The Hall–Kier alpha value is -3.29. The quantitative estimate of drug-likeness (QED) is 0.549. The van der Waals surface area contributed by atoms with Gasteiger partial charge < -0.3 is 20.3 Å². The number of nitrogens with zero attached hydrogens (tertiary/aromatic N) is 4. The van der Waals surface area contributed by atoms with Crippen molar-refractivity contribution in [3.8, 4) is 5.75 Å². The minimum absolute atomic E-state index is 0.00110. The summed E-state index contributed by atoms with van der Waals surface area (Å²) >= 11 is 0. The van der Waals surface area contributed by atoms with Crippen molar-refractivity contribution in [3.63, 3.8) is 0 Å². The fourth-order valence-corrected chi connectivity index (χ4v) is 5.72. The predicted molar refractivity (Wildman–Crippen MR) is 135 cm³/mol. The Morgan fingerprint density at radius 2 is 1.69 bits per heavy atom. The number of aromatic nitrogens is 3. The molecular formula is C27H34N6O2. The van der Waals surface area contributed by atoms with Crippen molar-refractivity contribution in [1.82, 2.24) is 25.2 Å². The summed E-state index contributed by atoms with van der Waals surface area (Å²) in [6, 6.07) is 13.4. The third-order valence-electron chi connectivity index (χ3n) is 7.71. The lowest BCUT2D eigenvalue weighted by Crippen LogP contribution is -2.44. The standard InChI is InChI=1S/C27H34N6O2/c1-17-6-5-7-18(2)33(17)27-31-30-25-15-12-20(16-32(25)27)35-24-14-13-23(21-8-3-4-9-22(21)24)29-26(34)28-19-10-11-19/h3-4,8-9,12,15-19,23-24H,5-7,10-11,13-14H2,1-2H3,(H2,28,29,34). The van der Waals surface area contributed by atoms with Crippen molar-refractivity contribution >= 4 is 17.6 Å². The van der Waals surface area contributed by atoms with Gasteiger partial charge in [-0.15, -0.1) is 10.2 Å². The van der Waals surface area contributed by atoms with E-state index in [-0.39, 0.29) is 18.2 Å². The summed E-state index contributed by atoms with van der Waals surface area (Å²) in [7, 11) is 0. The third kappa shape index (κ3) is 4.42. The van der Waals surface area contributed by atoms with Crippen LogP contribution in [0, 0.1) is 0 Å². The normalized spacial score (nSPS) is 26.3. The van der Waals surface area contributed by atoms with Crippen molar-refractivity contribution in [3.05, 3.63) is 53.7 Å². The lowest BCUT2D eigenvalue weighted by molar-refractivity contribution is 0.171. The summed E-state index contributed by atoms with van der Waals surface area (Å²) < 4.78 is 8.62. The Kier molecular flexibility index (Phi) is 5.74. The molecule has 6 rings (SSSR count). The SMILES string of the molecule is CC1CCCC(C)N1c1nnc2ccc(OC3CCC(NC(=O)NC4CC4)c4ccccc43)cn12. The number of benzene rings is 1.